The van der Waals surface area contributed by atoms with Crippen LogP contribution >= 0.6 is 11.3 Å². The van der Waals surface area contributed by atoms with E-state index >= 15 is 0 Å². The fourth-order valence-electron chi connectivity index (χ4n) is 1.89. The highest BCUT2D eigenvalue weighted by molar-refractivity contribution is 7.15. The molecule has 0 saturated heterocycles. The van der Waals surface area contributed by atoms with Gasteiger partial charge >= 0.3 is 0 Å². The van der Waals surface area contributed by atoms with Crippen LogP contribution < -0.4 is 5.32 Å². The van der Waals surface area contributed by atoms with Crippen molar-refractivity contribution in [1.29, 1.82) is 0 Å². The first-order chi connectivity index (χ1) is 9.15. The van der Waals surface area contributed by atoms with E-state index in [-0.39, 0.29) is 5.91 Å². The summed E-state index contributed by atoms with van der Waals surface area (Å²) in [6.45, 7) is 3.65. The van der Waals surface area contributed by atoms with Crippen LogP contribution in [0.25, 0.3) is 5.65 Å². The summed E-state index contributed by atoms with van der Waals surface area (Å²) in [4.78, 5) is 16.6. The van der Waals surface area contributed by atoms with Crippen LogP contribution in [0, 0.1) is 13.8 Å². The lowest BCUT2D eigenvalue weighted by Gasteiger charge is -2.02. The van der Waals surface area contributed by atoms with Crippen LogP contribution in [0.1, 0.15) is 21.2 Å². The zero-order valence-corrected chi connectivity index (χ0v) is 11.2. The van der Waals surface area contributed by atoms with Crippen molar-refractivity contribution in [3.05, 3.63) is 40.8 Å². The van der Waals surface area contributed by atoms with Gasteiger partial charge in [0.1, 0.15) is 16.3 Å². The molecule has 3 aromatic rings. The molecule has 0 spiro atoms. The monoisotopic (exact) mass is 273 g/mol. The number of carbonyl (C=O) groups excluding carboxylic acids is 1. The molecule has 1 amide bonds. The second-order valence-electron chi connectivity index (χ2n) is 4.06. The van der Waals surface area contributed by atoms with E-state index in [0.717, 1.165) is 10.7 Å². The fraction of sp³-hybridized carbons (Fsp3) is 0.167. The molecule has 7 heteroatoms. The SMILES string of the molecule is Cc1nnc(NC(=O)c2c(C)nc3ccccn23)s1. The molecule has 0 aromatic carbocycles. The van der Waals surface area contributed by atoms with Gasteiger partial charge < -0.3 is 0 Å². The predicted octanol–water partition coefficient (Wildman–Crippen LogP) is 2.05. The third kappa shape index (κ3) is 2.08. The maximum atomic E-state index is 12.3. The lowest BCUT2D eigenvalue weighted by Crippen LogP contribution is -2.15. The summed E-state index contributed by atoms with van der Waals surface area (Å²) < 4.78 is 1.76. The number of rotatable bonds is 2. The minimum Gasteiger partial charge on any atom is -0.295 e. The molecule has 0 aliphatic heterocycles. The summed E-state index contributed by atoms with van der Waals surface area (Å²) in [7, 11) is 0. The Morgan fingerprint density at radius 2 is 2.16 bits per heavy atom. The number of anilines is 1. The number of aromatic nitrogens is 4. The topological polar surface area (TPSA) is 72.2 Å². The van der Waals surface area contributed by atoms with Gasteiger partial charge in [0.2, 0.25) is 5.13 Å². The van der Waals surface area contributed by atoms with E-state index in [1.807, 2.05) is 38.2 Å². The van der Waals surface area contributed by atoms with Crippen molar-refractivity contribution < 1.29 is 4.79 Å². The zero-order chi connectivity index (χ0) is 13.4. The Hall–Kier alpha value is -2.28. The van der Waals surface area contributed by atoms with E-state index in [9.17, 15) is 4.79 Å². The highest BCUT2D eigenvalue weighted by atomic mass is 32.1. The Kier molecular flexibility index (Phi) is 2.75. The highest BCUT2D eigenvalue weighted by Crippen LogP contribution is 2.17. The van der Waals surface area contributed by atoms with Crippen LogP contribution in [0.2, 0.25) is 0 Å². The average Bonchev–Trinajstić information content (AvgIpc) is 2.91. The van der Waals surface area contributed by atoms with Gasteiger partial charge in [-0.2, -0.15) is 0 Å². The van der Waals surface area contributed by atoms with E-state index < -0.39 is 0 Å². The molecule has 3 heterocycles. The first-order valence-electron chi connectivity index (χ1n) is 5.70. The quantitative estimate of drug-likeness (QED) is 0.775. The second-order valence-corrected chi connectivity index (χ2v) is 5.24. The number of pyridine rings is 1. The highest BCUT2D eigenvalue weighted by Gasteiger charge is 2.17. The van der Waals surface area contributed by atoms with Crippen molar-refractivity contribution in [2.24, 2.45) is 0 Å². The molecule has 0 aliphatic rings. The smallest absolute Gasteiger partial charge is 0.276 e. The van der Waals surface area contributed by atoms with Gasteiger partial charge in [0.15, 0.2) is 0 Å². The number of fused-ring (bicyclic) bond motifs is 1. The maximum Gasteiger partial charge on any atom is 0.276 e. The second kappa shape index (κ2) is 4.43. The first-order valence-corrected chi connectivity index (χ1v) is 6.52. The Labute approximate surface area is 113 Å². The van der Waals surface area contributed by atoms with Gasteiger partial charge in [0, 0.05) is 6.20 Å². The normalized spacial score (nSPS) is 10.8. The summed E-state index contributed by atoms with van der Waals surface area (Å²) >= 11 is 1.34. The molecule has 3 aromatic heterocycles. The lowest BCUT2D eigenvalue weighted by atomic mass is 10.3. The van der Waals surface area contributed by atoms with E-state index in [1.54, 1.807) is 4.40 Å². The van der Waals surface area contributed by atoms with Crippen molar-refractivity contribution in [2.75, 3.05) is 5.32 Å². The summed E-state index contributed by atoms with van der Waals surface area (Å²) in [6, 6.07) is 5.61. The molecule has 0 fully saturated rings. The van der Waals surface area contributed by atoms with Crippen LogP contribution in [0.15, 0.2) is 24.4 Å². The Morgan fingerprint density at radius 3 is 2.89 bits per heavy atom. The largest absolute Gasteiger partial charge is 0.295 e. The van der Waals surface area contributed by atoms with Gasteiger partial charge in [-0.3, -0.25) is 14.5 Å². The molecule has 96 valence electrons. The number of nitrogens with zero attached hydrogens (tertiary/aromatic N) is 4. The lowest BCUT2D eigenvalue weighted by molar-refractivity contribution is 0.102. The van der Waals surface area contributed by atoms with Gasteiger partial charge in [0.05, 0.1) is 5.69 Å². The minimum absolute atomic E-state index is 0.229. The van der Waals surface area contributed by atoms with Crippen LogP contribution in [-0.4, -0.2) is 25.5 Å². The predicted molar refractivity (Wildman–Crippen MR) is 72.5 cm³/mol. The summed E-state index contributed by atoms with van der Waals surface area (Å²) in [6.07, 6.45) is 1.82. The molecule has 0 bridgehead atoms. The van der Waals surface area contributed by atoms with Gasteiger partial charge in [-0.05, 0) is 26.0 Å². The third-order valence-corrected chi connectivity index (χ3v) is 3.42. The van der Waals surface area contributed by atoms with Crippen LogP contribution in [0.4, 0.5) is 5.13 Å². The van der Waals surface area contributed by atoms with Crippen molar-refractivity contribution >= 4 is 28.0 Å². The fourth-order valence-corrected chi connectivity index (χ4v) is 2.48. The van der Waals surface area contributed by atoms with Crippen molar-refractivity contribution in [2.45, 2.75) is 13.8 Å². The third-order valence-electron chi connectivity index (χ3n) is 2.67. The molecule has 3 rings (SSSR count). The molecule has 1 N–H and O–H groups in total. The molecule has 0 unspecified atom stereocenters. The van der Waals surface area contributed by atoms with E-state index in [4.69, 9.17) is 0 Å². The Morgan fingerprint density at radius 1 is 1.32 bits per heavy atom. The maximum absolute atomic E-state index is 12.3. The summed E-state index contributed by atoms with van der Waals surface area (Å²) in [5.74, 6) is -0.229. The zero-order valence-electron chi connectivity index (χ0n) is 10.4. The van der Waals surface area contributed by atoms with E-state index in [2.05, 4.69) is 20.5 Å². The molecular weight excluding hydrogens is 262 g/mol. The molecular formula is C12H11N5OS. The number of imidazole rings is 1. The van der Waals surface area contributed by atoms with Gasteiger partial charge in [-0.1, -0.05) is 17.4 Å². The molecule has 0 aliphatic carbocycles. The number of nitrogens with one attached hydrogen (secondary N) is 1. The standard InChI is InChI=1S/C12H11N5OS/c1-7-10(17-6-4-3-5-9(17)13-7)11(18)14-12-16-15-8(2)19-12/h3-6H,1-2H3,(H,14,16,18). The number of carbonyl (C=O) groups is 1. The number of hydrogen-bond acceptors (Lipinski definition) is 5. The first kappa shape index (κ1) is 11.8. The van der Waals surface area contributed by atoms with Gasteiger partial charge in [-0.15, -0.1) is 10.2 Å². The minimum atomic E-state index is -0.229. The summed E-state index contributed by atoms with van der Waals surface area (Å²) in [5.41, 5.74) is 1.95. The van der Waals surface area contributed by atoms with E-state index in [0.29, 0.717) is 16.5 Å². The number of amides is 1. The molecule has 0 atom stereocenters. The van der Waals surface area contributed by atoms with Gasteiger partial charge in [0.25, 0.3) is 5.91 Å². The number of aryl methyl sites for hydroxylation is 2. The molecule has 0 saturated carbocycles. The Bertz CT molecular complexity index is 760. The van der Waals surface area contributed by atoms with Crippen molar-refractivity contribution in [1.82, 2.24) is 19.6 Å². The number of hydrogen-bond donors (Lipinski definition) is 1. The van der Waals surface area contributed by atoms with Gasteiger partial charge in [-0.25, -0.2) is 4.98 Å². The van der Waals surface area contributed by atoms with Crippen LogP contribution in [0.3, 0.4) is 0 Å². The van der Waals surface area contributed by atoms with Crippen LogP contribution in [0.5, 0.6) is 0 Å². The van der Waals surface area contributed by atoms with Crippen molar-refractivity contribution in [3.8, 4) is 0 Å². The van der Waals surface area contributed by atoms with Crippen LogP contribution in [-0.2, 0) is 0 Å². The van der Waals surface area contributed by atoms with Crippen molar-refractivity contribution in [3.63, 3.8) is 0 Å². The summed E-state index contributed by atoms with van der Waals surface area (Å²) in [5, 5.41) is 11.8. The van der Waals surface area contributed by atoms with E-state index in [1.165, 1.54) is 11.3 Å². The average molecular weight is 273 g/mol. The molecule has 0 radical (unpaired) electrons. The molecule has 19 heavy (non-hydrogen) atoms. The Balaban J connectivity index is 1.99. The molecule has 6 nitrogen and oxygen atoms in total.